The molecule has 0 saturated heterocycles. The molecule has 1 aliphatic rings. The second-order valence-electron chi connectivity index (χ2n) is 6.18. The third-order valence-corrected chi connectivity index (χ3v) is 5.40. The standard InChI is InChI=1S/C18H13N5O5S/c24-18(13-3-1-2-4-16(13)23(27)28)19-17-14-9-29-10-15(14)20-21(17)11-5-7-12(8-6-11)22(25)26/h1-8H,9-10H2,(H,19,24). The summed E-state index contributed by atoms with van der Waals surface area (Å²) in [5, 5.41) is 29.4. The van der Waals surface area contributed by atoms with Gasteiger partial charge in [0.25, 0.3) is 17.3 Å². The third kappa shape index (κ3) is 3.43. The Morgan fingerprint density at radius 1 is 1.03 bits per heavy atom. The highest BCUT2D eigenvalue weighted by Crippen LogP contribution is 2.36. The van der Waals surface area contributed by atoms with Crippen LogP contribution in [0.5, 0.6) is 0 Å². The molecule has 0 aliphatic carbocycles. The lowest BCUT2D eigenvalue weighted by molar-refractivity contribution is -0.385. The molecule has 0 radical (unpaired) electrons. The monoisotopic (exact) mass is 411 g/mol. The zero-order valence-corrected chi connectivity index (χ0v) is 15.6. The maximum Gasteiger partial charge on any atom is 0.282 e. The van der Waals surface area contributed by atoms with E-state index in [0.29, 0.717) is 23.0 Å². The van der Waals surface area contributed by atoms with Gasteiger partial charge in [0.2, 0.25) is 0 Å². The van der Waals surface area contributed by atoms with E-state index < -0.39 is 15.8 Å². The second-order valence-corrected chi connectivity index (χ2v) is 7.17. The predicted molar refractivity (Wildman–Crippen MR) is 106 cm³/mol. The van der Waals surface area contributed by atoms with Crippen LogP contribution < -0.4 is 5.32 Å². The van der Waals surface area contributed by atoms with E-state index in [1.807, 2.05) is 0 Å². The van der Waals surface area contributed by atoms with Crippen molar-refractivity contribution in [1.29, 1.82) is 0 Å². The summed E-state index contributed by atoms with van der Waals surface area (Å²) in [5.41, 5.74) is 1.75. The summed E-state index contributed by atoms with van der Waals surface area (Å²) in [6.45, 7) is 0. The van der Waals surface area contributed by atoms with E-state index in [4.69, 9.17) is 0 Å². The number of hydrogen-bond donors (Lipinski definition) is 1. The Kier molecular flexibility index (Phi) is 4.72. The number of rotatable bonds is 5. The Labute approximate surface area is 167 Å². The van der Waals surface area contributed by atoms with Crippen molar-refractivity contribution in [3.05, 3.63) is 85.6 Å². The zero-order chi connectivity index (χ0) is 20.5. The molecule has 0 spiro atoms. The van der Waals surface area contributed by atoms with Gasteiger partial charge in [-0.3, -0.25) is 25.0 Å². The number of anilines is 1. The van der Waals surface area contributed by atoms with Gasteiger partial charge in [0.05, 0.1) is 21.2 Å². The minimum Gasteiger partial charge on any atom is -0.306 e. The van der Waals surface area contributed by atoms with E-state index in [-0.39, 0.29) is 16.9 Å². The molecular weight excluding hydrogens is 398 g/mol. The van der Waals surface area contributed by atoms with Gasteiger partial charge in [-0.1, -0.05) is 12.1 Å². The van der Waals surface area contributed by atoms with Crippen molar-refractivity contribution >= 4 is 34.9 Å². The van der Waals surface area contributed by atoms with E-state index in [1.54, 1.807) is 17.8 Å². The van der Waals surface area contributed by atoms with Gasteiger partial charge >= 0.3 is 0 Å². The molecule has 1 amide bonds. The van der Waals surface area contributed by atoms with Crippen LogP contribution in [0, 0.1) is 20.2 Å². The maximum absolute atomic E-state index is 12.8. The van der Waals surface area contributed by atoms with Crippen LogP contribution in [0.1, 0.15) is 21.6 Å². The maximum atomic E-state index is 12.8. The molecule has 0 fully saturated rings. The van der Waals surface area contributed by atoms with Crippen LogP contribution in [0.3, 0.4) is 0 Å². The van der Waals surface area contributed by atoms with Crippen LogP contribution in [-0.4, -0.2) is 25.5 Å². The van der Waals surface area contributed by atoms with Crippen LogP contribution in [0.4, 0.5) is 17.2 Å². The third-order valence-electron chi connectivity index (χ3n) is 4.43. The Hall–Kier alpha value is -3.73. The lowest BCUT2D eigenvalue weighted by Gasteiger charge is -2.11. The highest BCUT2D eigenvalue weighted by Gasteiger charge is 2.27. The molecule has 29 heavy (non-hydrogen) atoms. The first-order valence-corrected chi connectivity index (χ1v) is 9.59. The zero-order valence-electron chi connectivity index (χ0n) is 14.8. The van der Waals surface area contributed by atoms with Crippen molar-refractivity contribution in [2.45, 2.75) is 11.5 Å². The molecule has 2 heterocycles. The van der Waals surface area contributed by atoms with Crippen LogP contribution >= 0.6 is 11.8 Å². The summed E-state index contributed by atoms with van der Waals surface area (Å²) < 4.78 is 1.50. The van der Waals surface area contributed by atoms with Gasteiger partial charge in [-0.2, -0.15) is 16.9 Å². The number of hydrogen-bond acceptors (Lipinski definition) is 7. The molecule has 146 valence electrons. The van der Waals surface area contributed by atoms with Crippen molar-refractivity contribution in [3.63, 3.8) is 0 Å². The molecule has 0 unspecified atom stereocenters. The van der Waals surface area contributed by atoms with Crippen LogP contribution in [0.2, 0.25) is 0 Å². The summed E-state index contributed by atoms with van der Waals surface area (Å²) in [6.07, 6.45) is 0. The van der Waals surface area contributed by atoms with E-state index in [0.717, 1.165) is 11.3 Å². The van der Waals surface area contributed by atoms with Gasteiger partial charge in [-0.15, -0.1) is 0 Å². The van der Waals surface area contributed by atoms with Gasteiger partial charge in [0.15, 0.2) is 0 Å². The molecule has 0 saturated carbocycles. The molecule has 0 bridgehead atoms. The fourth-order valence-electron chi connectivity index (χ4n) is 3.04. The average molecular weight is 411 g/mol. The summed E-state index contributed by atoms with van der Waals surface area (Å²) in [5.74, 6) is 1.08. The number of aromatic nitrogens is 2. The predicted octanol–water partition coefficient (Wildman–Crippen LogP) is 3.69. The topological polar surface area (TPSA) is 133 Å². The smallest absolute Gasteiger partial charge is 0.282 e. The number of thioether (sulfide) groups is 1. The van der Waals surface area contributed by atoms with Gasteiger partial charge in [0, 0.05) is 35.3 Å². The molecule has 10 nitrogen and oxygen atoms in total. The molecule has 3 aromatic rings. The van der Waals surface area contributed by atoms with Crippen LogP contribution in [0.25, 0.3) is 5.69 Å². The fourth-order valence-corrected chi connectivity index (χ4v) is 4.08. The highest BCUT2D eigenvalue weighted by molar-refractivity contribution is 7.98. The summed E-state index contributed by atoms with van der Waals surface area (Å²) in [7, 11) is 0. The number of nitro groups is 2. The number of nitro benzene ring substituents is 2. The van der Waals surface area contributed by atoms with Gasteiger partial charge in [-0.05, 0) is 18.2 Å². The number of nitrogens with one attached hydrogen (secondary N) is 1. The number of benzene rings is 2. The Bertz CT molecular complexity index is 1140. The molecule has 11 heteroatoms. The van der Waals surface area contributed by atoms with Gasteiger partial charge < -0.3 is 5.32 Å². The van der Waals surface area contributed by atoms with E-state index in [9.17, 15) is 25.0 Å². The van der Waals surface area contributed by atoms with Crippen molar-refractivity contribution in [3.8, 4) is 5.69 Å². The van der Waals surface area contributed by atoms with E-state index in [2.05, 4.69) is 10.4 Å². The molecule has 1 aromatic heterocycles. The number of fused-ring (bicyclic) bond motifs is 1. The van der Waals surface area contributed by atoms with Crippen molar-refractivity contribution < 1.29 is 14.6 Å². The molecule has 4 rings (SSSR count). The molecule has 1 N–H and O–H groups in total. The Morgan fingerprint density at radius 2 is 1.76 bits per heavy atom. The molecule has 0 atom stereocenters. The largest absolute Gasteiger partial charge is 0.306 e. The SMILES string of the molecule is O=C(Nc1c2c(nn1-c1ccc([N+](=O)[O-])cc1)CSC2)c1ccccc1[N+](=O)[O-]. The second kappa shape index (κ2) is 7.36. The number of non-ortho nitro benzene ring substituents is 1. The fraction of sp³-hybridized carbons (Fsp3) is 0.111. The van der Waals surface area contributed by atoms with Crippen LogP contribution in [0.15, 0.2) is 48.5 Å². The molecule has 1 aliphatic heterocycles. The van der Waals surface area contributed by atoms with Crippen molar-refractivity contribution in [2.75, 3.05) is 5.32 Å². The quantitative estimate of drug-likeness (QED) is 0.500. The molecular formula is C18H13N5O5S. The summed E-state index contributed by atoms with van der Waals surface area (Å²) in [6, 6.07) is 11.5. The van der Waals surface area contributed by atoms with Crippen LogP contribution in [-0.2, 0) is 11.5 Å². The first kappa shape index (κ1) is 18.6. The number of carbonyl (C=O) groups excluding carboxylic acids is 1. The number of amides is 1. The van der Waals surface area contributed by atoms with E-state index >= 15 is 0 Å². The lowest BCUT2D eigenvalue weighted by Crippen LogP contribution is -2.17. The number of para-hydroxylation sites is 1. The highest BCUT2D eigenvalue weighted by atomic mass is 32.2. The van der Waals surface area contributed by atoms with E-state index in [1.165, 1.54) is 47.1 Å². The minimum atomic E-state index is -0.625. The lowest BCUT2D eigenvalue weighted by atomic mass is 10.1. The van der Waals surface area contributed by atoms with Gasteiger partial charge in [-0.25, -0.2) is 4.68 Å². The summed E-state index contributed by atoms with van der Waals surface area (Å²) in [4.78, 5) is 33.8. The minimum absolute atomic E-state index is 0.0606. The number of nitrogens with zero attached hydrogens (tertiary/aromatic N) is 4. The van der Waals surface area contributed by atoms with Crippen molar-refractivity contribution in [2.24, 2.45) is 0 Å². The van der Waals surface area contributed by atoms with Gasteiger partial charge in [0.1, 0.15) is 11.4 Å². The van der Waals surface area contributed by atoms with Crippen molar-refractivity contribution in [1.82, 2.24) is 9.78 Å². The average Bonchev–Trinajstić information content (AvgIpc) is 3.30. The summed E-state index contributed by atoms with van der Waals surface area (Å²) >= 11 is 1.64. The Morgan fingerprint density at radius 3 is 2.45 bits per heavy atom. The number of carbonyl (C=O) groups is 1. The first-order valence-electron chi connectivity index (χ1n) is 8.44. The molecule has 2 aromatic carbocycles. The first-order chi connectivity index (χ1) is 14.0. The Balaban J connectivity index is 1.74. The normalized spacial score (nSPS) is 12.4.